The highest BCUT2D eigenvalue weighted by Crippen LogP contribution is 2.18. The summed E-state index contributed by atoms with van der Waals surface area (Å²) in [5.74, 6) is 0.808. The summed E-state index contributed by atoms with van der Waals surface area (Å²) in [6.07, 6.45) is 3.27. The van der Waals surface area contributed by atoms with Crippen molar-refractivity contribution >= 4 is 17.7 Å². The number of nitrogens with one attached hydrogen (secondary N) is 1. The molecule has 0 bridgehead atoms. The molecule has 0 saturated heterocycles. The van der Waals surface area contributed by atoms with Crippen LogP contribution >= 0.6 is 11.8 Å². The Morgan fingerprint density at radius 3 is 2.74 bits per heavy atom. The van der Waals surface area contributed by atoms with E-state index in [0.29, 0.717) is 23.9 Å². The topological polar surface area (TPSA) is 68.0 Å². The third kappa shape index (κ3) is 4.43. The second kappa shape index (κ2) is 7.60. The number of amides is 1. The molecule has 0 aliphatic rings. The fourth-order valence-electron chi connectivity index (χ4n) is 1.91. The van der Waals surface area contributed by atoms with Crippen molar-refractivity contribution in [2.45, 2.75) is 11.6 Å². The normalized spacial score (nSPS) is 10.4. The Morgan fingerprint density at radius 1 is 1.13 bits per heavy atom. The molecule has 2 aromatic heterocycles. The van der Waals surface area contributed by atoms with Gasteiger partial charge in [0.05, 0.1) is 23.0 Å². The van der Waals surface area contributed by atoms with E-state index in [2.05, 4.69) is 15.3 Å². The molecule has 0 fully saturated rings. The van der Waals surface area contributed by atoms with Gasteiger partial charge in [0.25, 0.3) is 0 Å². The summed E-state index contributed by atoms with van der Waals surface area (Å²) < 4.78 is 5.43. The Morgan fingerprint density at radius 2 is 1.96 bits per heavy atom. The zero-order chi connectivity index (χ0) is 15.9. The van der Waals surface area contributed by atoms with Gasteiger partial charge in [0, 0.05) is 11.8 Å². The Bertz CT molecular complexity index is 760. The molecule has 3 aromatic rings. The lowest BCUT2D eigenvalue weighted by molar-refractivity contribution is -0.118. The lowest BCUT2D eigenvalue weighted by Gasteiger charge is -2.02. The Balaban J connectivity index is 1.49. The number of pyridine rings is 1. The summed E-state index contributed by atoms with van der Waals surface area (Å²) in [5, 5.41) is 3.65. The number of carbonyl (C=O) groups excluding carboxylic acids is 1. The third-order valence-electron chi connectivity index (χ3n) is 3.03. The summed E-state index contributed by atoms with van der Waals surface area (Å²) in [7, 11) is 0. The molecular weight excluding hydrogens is 310 g/mol. The molecule has 1 N–H and O–H groups in total. The van der Waals surface area contributed by atoms with Gasteiger partial charge in [0.15, 0.2) is 0 Å². The average molecular weight is 325 g/mol. The van der Waals surface area contributed by atoms with Crippen molar-refractivity contribution in [3.05, 3.63) is 66.7 Å². The smallest absolute Gasteiger partial charge is 0.230 e. The van der Waals surface area contributed by atoms with Crippen LogP contribution in [0.3, 0.4) is 0 Å². The third-order valence-corrected chi connectivity index (χ3v) is 3.97. The van der Waals surface area contributed by atoms with Crippen molar-refractivity contribution in [1.82, 2.24) is 15.3 Å². The van der Waals surface area contributed by atoms with Gasteiger partial charge in [0.1, 0.15) is 6.26 Å². The second-order valence-electron chi connectivity index (χ2n) is 4.74. The van der Waals surface area contributed by atoms with E-state index in [0.717, 1.165) is 10.6 Å². The monoisotopic (exact) mass is 325 g/mol. The zero-order valence-corrected chi connectivity index (χ0v) is 13.1. The molecule has 1 amide bonds. The maximum atomic E-state index is 11.8. The van der Waals surface area contributed by atoms with Gasteiger partial charge in [-0.25, -0.2) is 9.97 Å². The predicted octanol–water partition coefficient (Wildman–Crippen LogP) is 3.15. The first-order valence-electron chi connectivity index (χ1n) is 7.11. The lowest BCUT2D eigenvalue weighted by Crippen LogP contribution is -2.24. The molecule has 23 heavy (non-hydrogen) atoms. The van der Waals surface area contributed by atoms with Gasteiger partial charge in [-0.15, -0.1) is 0 Å². The van der Waals surface area contributed by atoms with Crippen LogP contribution in [-0.2, 0) is 11.3 Å². The molecule has 3 rings (SSSR count). The van der Waals surface area contributed by atoms with Crippen LogP contribution in [0.15, 0.2) is 70.4 Å². The highest BCUT2D eigenvalue weighted by Gasteiger charge is 2.08. The molecule has 0 aliphatic carbocycles. The number of carbonyl (C=O) groups is 1. The van der Waals surface area contributed by atoms with Crippen molar-refractivity contribution in [2.24, 2.45) is 0 Å². The number of hydrogen-bond acceptors (Lipinski definition) is 5. The van der Waals surface area contributed by atoms with Gasteiger partial charge in [-0.3, -0.25) is 4.79 Å². The molecule has 0 spiro atoms. The molecule has 0 saturated carbocycles. The Hall–Kier alpha value is -2.60. The Labute approximate surface area is 138 Å². The number of nitrogens with zero attached hydrogens (tertiary/aromatic N) is 2. The van der Waals surface area contributed by atoms with Crippen LogP contribution in [-0.4, -0.2) is 21.6 Å². The van der Waals surface area contributed by atoms with Crippen LogP contribution in [0.25, 0.3) is 11.5 Å². The van der Waals surface area contributed by atoms with Gasteiger partial charge in [-0.05, 0) is 24.3 Å². The highest BCUT2D eigenvalue weighted by atomic mass is 32.2. The molecule has 6 heteroatoms. The first-order chi connectivity index (χ1) is 11.3. The van der Waals surface area contributed by atoms with E-state index in [-0.39, 0.29) is 5.91 Å². The van der Waals surface area contributed by atoms with E-state index in [4.69, 9.17) is 4.42 Å². The van der Waals surface area contributed by atoms with E-state index in [1.165, 1.54) is 11.8 Å². The van der Waals surface area contributed by atoms with Gasteiger partial charge in [-0.2, -0.15) is 0 Å². The number of oxazole rings is 1. The van der Waals surface area contributed by atoms with Gasteiger partial charge >= 0.3 is 0 Å². The minimum atomic E-state index is -0.0649. The van der Waals surface area contributed by atoms with Crippen LogP contribution in [0.1, 0.15) is 5.69 Å². The maximum absolute atomic E-state index is 11.8. The van der Waals surface area contributed by atoms with Crippen molar-refractivity contribution in [3.8, 4) is 11.5 Å². The van der Waals surface area contributed by atoms with Crippen LogP contribution in [0.5, 0.6) is 0 Å². The molecule has 5 nitrogen and oxygen atoms in total. The summed E-state index contributed by atoms with van der Waals surface area (Å²) in [6.45, 7) is 0.345. The molecular formula is C17H15N3O2S. The van der Waals surface area contributed by atoms with Crippen LogP contribution in [0, 0.1) is 0 Å². The highest BCUT2D eigenvalue weighted by molar-refractivity contribution is 7.99. The zero-order valence-electron chi connectivity index (χ0n) is 12.3. The van der Waals surface area contributed by atoms with Crippen LogP contribution in [0.4, 0.5) is 0 Å². The van der Waals surface area contributed by atoms with E-state index in [1.54, 1.807) is 12.5 Å². The van der Waals surface area contributed by atoms with E-state index in [9.17, 15) is 4.79 Å². The van der Waals surface area contributed by atoms with E-state index >= 15 is 0 Å². The summed E-state index contributed by atoms with van der Waals surface area (Å²) >= 11 is 1.40. The van der Waals surface area contributed by atoms with E-state index < -0.39 is 0 Å². The molecule has 0 radical (unpaired) electrons. The number of hydrogen-bond donors (Lipinski definition) is 1. The molecule has 1 aromatic carbocycles. The number of aromatic nitrogens is 2. The van der Waals surface area contributed by atoms with E-state index in [1.807, 2.05) is 48.5 Å². The summed E-state index contributed by atoms with van der Waals surface area (Å²) in [6, 6.07) is 15.3. The van der Waals surface area contributed by atoms with Gasteiger partial charge in [0.2, 0.25) is 11.8 Å². The van der Waals surface area contributed by atoms with Gasteiger partial charge in [-0.1, -0.05) is 36.0 Å². The minimum absolute atomic E-state index is 0.0649. The summed E-state index contributed by atoms with van der Waals surface area (Å²) in [4.78, 5) is 20.4. The van der Waals surface area contributed by atoms with Crippen molar-refractivity contribution in [3.63, 3.8) is 0 Å². The molecule has 0 unspecified atom stereocenters. The van der Waals surface area contributed by atoms with Crippen LogP contribution in [0.2, 0.25) is 0 Å². The standard InChI is InChI=1S/C17H15N3O2S/c21-15(12-23-16-8-4-5-9-18-16)19-10-14-11-22-17(20-14)13-6-2-1-3-7-13/h1-9,11H,10,12H2,(H,19,21). The Kier molecular flexibility index (Phi) is 5.06. The SMILES string of the molecule is O=C(CSc1ccccn1)NCc1coc(-c2ccccc2)n1. The fourth-order valence-corrected chi connectivity index (χ4v) is 2.60. The number of rotatable bonds is 6. The molecule has 0 atom stereocenters. The quantitative estimate of drug-likeness (QED) is 0.705. The van der Waals surface area contributed by atoms with Gasteiger partial charge < -0.3 is 9.73 Å². The average Bonchev–Trinajstić information content (AvgIpc) is 3.09. The number of benzene rings is 1. The second-order valence-corrected chi connectivity index (χ2v) is 5.74. The molecule has 116 valence electrons. The van der Waals surface area contributed by atoms with Crippen molar-refractivity contribution in [1.29, 1.82) is 0 Å². The maximum Gasteiger partial charge on any atom is 0.230 e. The van der Waals surface area contributed by atoms with Crippen molar-refractivity contribution in [2.75, 3.05) is 5.75 Å². The fraction of sp³-hybridized carbons (Fsp3) is 0.118. The van der Waals surface area contributed by atoms with Crippen LogP contribution < -0.4 is 5.32 Å². The minimum Gasteiger partial charge on any atom is -0.444 e. The first kappa shape index (κ1) is 15.3. The predicted molar refractivity (Wildman–Crippen MR) is 88.7 cm³/mol. The largest absolute Gasteiger partial charge is 0.444 e. The molecule has 0 aliphatic heterocycles. The lowest BCUT2D eigenvalue weighted by atomic mass is 10.2. The summed E-state index contributed by atoms with van der Waals surface area (Å²) in [5.41, 5.74) is 1.61. The first-order valence-corrected chi connectivity index (χ1v) is 8.10. The molecule has 2 heterocycles. The van der Waals surface area contributed by atoms with Crippen molar-refractivity contribution < 1.29 is 9.21 Å². The number of thioether (sulfide) groups is 1.